The number of aryl methyl sites for hydroxylation is 1. The molecule has 2 N–H and O–H groups in total. The lowest BCUT2D eigenvalue weighted by atomic mass is 10.1. The quantitative estimate of drug-likeness (QED) is 0.508. The average molecular weight is 260 g/mol. The molecule has 0 atom stereocenters. The van der Waals surface area contributed by atoms with E-state index in [4.69, 9.17) is 4.74 Å². The lowest BCUT2D eigenvalue weighted by molar-refractivity contribution is -0.646. The molecule has 0 saturated carbocycles. The predicted octanol–water partition coefficient (Wildman–Crippen LogP) is 2.63. The molecule has 1 rings (SSSR count). The van der Waals surface area contributed by atoms with Gasteiger partial charge in [-0.05, 0) is 43.4 Å². The Morgan fingerprint density at radius 2 is 2.05 bits per heavy atom. The van der Waals surface area contributed by atoms with Crippen LogP contribution >= 0.6 is 0 Å². The third-order valence-corrected chi connectivity index (χ3v) is 3.04. The molecule has 19 heavy (non-hydrogen) atoms. The normalized spacial score (nSPS) is 10.2. The van der Waals surface area contributed by atoms with Gasteiger partial charge in [0.05, 0.1) is 19.7 Å². The summed E-state index contributed by atoms with van der Waals surface area (Å²) in [5.41, 5.74) is 2.44. The Bertz CT molecular complexity index is 398. The van der Waals surface area contributed by atoms with Crippen molar-refractivity contribution in [1.29, 1.82) is 0 Å². The van der Waals surface area contributed by atoms with Crippen LogP contribution in [-0.4, -0.2) is 19.7 Å². The van der Waals surface area contributed by atoms with E-state index >= 15 is 0 Å². The van der Waals surface area contributed by atoms with Crippen LogP contribution in [-0.2, 0) is 6.42 Å². The smallest absolute Gasteiger partial charge is 0.125 e. The van der Waals surface area contributed by atoms with Crippen molar-refractivity contribution in [2.24, 2.45) is 0 Å². The van der Waals surface area contributed by atoms with E-state index in [1.54, 1.807) is 0 Å². The number of unbranched alkanes of at least 4 members (excludes halogenated alkanes) is 1. The van der Waals surface area contributed by atoms with Crippen molar-refractivity contribution >= 4 is 0 Å². The molecule has 0 bridgehead atoms. The standard InChI is InChI=1S/C17H25NO/c1-4-9-16-11-8-10-15(3)17(16)19-14-7-6-13-18-12-5-2/h4-5,8,10-11,18H,1-2,6-7,9,12-14H2,3H3/p+1. The number of hydrogen-bond donors (Lipinski definition) is 1. The first-order valence-electron chi connectivity index (χ1n) is 7.04. The second-order valence-corrected chi connectivity index (χ2v) is 4.71. The van der Waals surface area contributed by atoms with Gasteiger partial charge >= 0.3 is 0 Å². The highest BCUT2D eigenvalue weighted by molar-refractivity contribution is 5.41. The number of benzene rings is 1. The fourth-order valence-corrected chi connectivity index (χ4v) is 2.04. The zero-order chi connectivity index (χ0) is 13.9. The molecule has 1 aromatic rings. The van der Waals surface area contributed by atoms with Crippen LogP contribution in [0, 0.1) is 6.92 Å². The maximum atomic E-state index is 5.95. The van der Waals surface area contributed by atoms with Crippen molar-refractivity contribution in [3.63, 3.8) is 0 Å². The Kier molecular flexibility index (Phi) is 7.68. The summed E-state index contributed by atoms with van der Waals surface area (Å²) in [5.74, 6) is 1.04. The first kappa shape index (κ1) is 15.5. The molecule has 0 radical (unpaired) electrons. The summed E-state index contributed by atoms with van der Waals surface area (Å²) in [6.07, 6.45) is 6.99. The molecule has 0 spiro atoms. The highest BCUT2D eigenvalue weighted by Crippen LogP contribution is 2.24. The first-order chi connectivity index (χ1) is 9.29. The van der Waals surface area contributed by atoms with Gasteiger partial charge in [0.2, 0.25) is 0 Å². The van der Waals surface area contributed by atoms with Crippen LogP contribution in [0.4, 0.5) is 0 Å². The molecule has 0 saturated heterocycles. The molecule has 0 amide bonds. The topological polar surface area (TPSA) is 25.8 Å². The Labute approximate surface area is 117 Å². The minimum atomic E-state index is 0.789. The van der Waals surface area contributed by atoms with Gasteiger partial charge in [-0.3, -0.25) is 0 Å². The van der Waals surface area contributed by atoms with Crippen LogP contribution in [0.15, 0.2) is 43.5 Å². The fraction of sp³-hybridized carbons (Fsp3) is 0.412. The van der Waals surface area contributed by atoms with E-state index in [9.17, 15) is 0 Å². The van der Waals surface area contributed by atoms with Crippen LogP contribution < -0.4 is 10.1 Å². The Morgan fingerprint density at radius 3 is 2.79 bits per heavy atom. The summed E-state index contributed by atoms with van der Waals surface area (Å²) < 4.78 is 5.95. The van der Waals surface area contributed by atoms with Crippen LogP contribution in [0.5, 0.6) is 5.75 Å². The molecule has 0 unspecified atom stereocenters. The van der Waals surface area contributed by atoms with E-state index in [1.807, 2.05) is 12.2 Å². The third-order valence-electron chi connectivity index (χ3n) is 3.04. The summed E-state index contributed by atoms with van der Waals surface area (Å²) in [6.45, 7) is 12.5. The summed E-state index contributed by atoms with van der Waals surface area (Å²) in [5, 5.41) is 2.27. The molecule has 0 aliphatic heterocycles. The van der Waals surface area contributed by atoms with Gasteiger partial charge in [-0.15, -0.1) is 6.58 Å². The van der Waals surface area contributed by atoms with Crippen LogP contribution in [0.3, 0.4) is 0 Å². The van der Waals surface area contributed by atoms with Gasteiger partial charge in [0.1, 0.15) is 5.75 Å². The summed E-state index contributed by atoms with van der Waals surface area (Å²) in [6, 6.07) is 6.28. The maximum absolute atomic E-state index is 5.95. The maximum Gasteiger partial charge on any atom is 0.125 e. The number of quaternary nitrogens is 1. The molecule has 0 fully saturated rings. The monoisotopic (exact) mass is 260 g/mol. The van der Waals surface area contributed by atoms with Gasteiger partial charge < -0.3 is 10.1 Å². The minimum Gasteiger partial charge on any atom is -0.493 e. The van der Waals surface area contributed by atoms with Crippen LogP contribution in [0.25, 0.3) is 0 Å². The molecular formula is C17H26NO+. The molecule has 2 heteroatoms. The van der Waals surface area contributed by atoms with Gasteiger partial charge in [0, 0.05) is 0 Å². The molecule has 0 heterocycles. The van der Waals surface area contributed by atoms with E-state index in [1.165, 1.54) is 17.5 Å². The highest BCUT2D eigenvalue weighted by atomic mass is 16.5. The number of para-hydroxylation sites is 1. The van der Waals surface area contributed by atoms with Gasteiger partial charge in [-0.2, -0.15) is 0 Å². The van der Waals surface area contributed by atoms with Gasteiger partial charge in [0.15, 0.2) is 0 Å². The first-order valence-corrected chi connectivity index (χ1v) is 7.04. The van der Waals surface area contributed by atoms with Crippen molar-refractivity contribution in [3.05, 3.63) is 54.6 Å². The predicted molar refractivity (Wildman–Crippen MR) is 81.7 cm³/mol. The minimum absolute atomic E-state index is 0.789. The summed E-state index contributed by atoms with van der Waals surface area (Å²) >= 11 is 0. The van der Waals surface area contributed by atoms with E-state index in [0.717, 1.165) is 38.3 Å². The van der Waals surface area contributed by atoms with E-state index in [0.29, 0.717) is 0 Å². The zero-order valence-electron chi connectivity index (χ0n) is 12.0. The average Bonchev–Trinajstić information content (AvgIpc) is 2.41. The molecule has 104 valence electrons. The van der Waals surface area contributed by atoms with Crippen molar-refractivity contribution in [2.45, 2.75) is 26.2 Å². The van der Waals surface area contributed by atoms with Gasteiger partial charge in [0.25, 0.3) is 0 Å². The lowest BCUT2D eigenvalue weighted by Gasteiger charge is -2.13. The molecule has 0 aliphatic rings. The van der Waals surface area contributed by atoms with Gasteiger partial charge in [-0.1, -0.05) is 30.9 Å². The molecule has 0 aromatic heterocycles. The van der Waals surface area contributed by atoms with Crippen molar-refractivity contribution < 1.29 is 10.1 Å². The Balaban J connectivity index is 2.35. The number of rotatable bonds is 10. The largest absolute Gasteiger partial charge is 0.493 e. The van der Waals surface area contributed by atoms with Crippen LogP contribution in [0.2, 0.25) is 0 Å². The highest BCUT2D eigenvalue weighted by Gasteiger charge is 2.05. The SMILES string of the molecule is C=CC[NH2+]CCCCOc1c(C)cccc1CC=C. The molecule has 1 aromatic carbocycles. The lowest BCUT2D eigenvalue weighted by Crippen LogP contribution is -2.83. The van der Waals surface area contributed by atoms with Crippen molar-refractivity contribution in [1.82, 2.24) is 0 Å². The number of hydrogen-bond acceptors (Lipinski definition) is 1. The van der Waals surface area contributed by atoms with Gasteiger partial charge in [-0.25, -0.2) is 0 Å². The Hall–Kier alpha value is -1.54. The van der Waals surface area contributed by atoms with Crippen LogP contribution in [0.1, 0.15) is 24.0 Å². The number of nitrogens with two attached hydrogens (primary N) is 1. The fourth-order valence-electron chi connectivity index (χ4n) is 2.04. The molecule has 2 nitrogen and oxygen atoms in total. The van der Waals surface area contributed by atoms with E-state index < -0.39 is 0 Å². The second-order valence-electron chi connectivity index (χ2n) is 4.71. The van der Waals surface area contributed by atoms with E-state index in [2.05, 4.69) is 43.6 Å². The molecule has 0 aliphatic carbocycles. The van der Waals surface area contributed by atoms with E-state index in [-0.39, 0.29) is 0 Å². The number of ether oxygens (including phenoxy) is 1. The van der Waals surface area contributed by atoms with Crippen molar-refractivity contribution in [2.75, 3.05) is 19.7 Å². The second kappa shape index (κ2) is 9.40. The van der Waals surface area contributed by atoms with Crippen molar-refractivity contribution in [3.8, 4) is 5.75 Å². The third kappa shape index (κ3) is 5.75. The number of allylic oxidation sites excluding steroid dienone is 1. The summed E-state index contributed by atoms with van der Waals surface area (Å²) in [7, 11) is 0. The zero-order valence-corrected chi connectivity index (χ0v) is 12.0. The Morgan fingerprint density at radius 1 is 1.21 bits per heavy atom. The molecular weight excluding hydrogens is 234 g/mol. The summed E-state index contributed by atoms with van der Waals surface area (Å²) in [4.78, 5) is 0.